The molecule has 5 atom stereocenters. The van der Waals surface area contributed by atoms with Gasteiger partial charge in [0.25, 0.3) is 0 Å². The van der Waals surface area contributed by atoms with Crippen LogP contribution in [-0.4, -0.2) is 18.0 Å². The van der Waals surface area contributed by atoms with Gasteiger partial charge in [-0.05, 0) is 55.1 Å². The predicted octanol–water partition coefficient (Wildman–Crippen LogP) is 5.89. The van der Waals surface area contributed by atoms with Crippen LogP contribution in [0.4, 0.5) is 0 Å². The Morgan fingerprint density at radius 2 is 1.41 bits per heavy atom. The van der Waals surface area contributed by atoms with Crippen molar-refractivity contribution in [3.8, 4) is 0 Å². The summed E-state index contributed by atoms with van der Waals surface area (Å²) < 4.78 is 6.68. The molecule has 1 aliphatic carbocycles. The number of benzene rings is 2. The quantitative estimate of drug-likeness (QED) is 0.589. The van der Waals surface area contributed by atoms with Crippen molar-refractivity contribution in [1.29, 1.82) is 0 Å². The number of hydrogen-bond donors (Lipinski definition) is 0. The third-order valence-electron chi connectivity index (χ3n) is 7.16. The Morgan fingerprint density at radius 1 is 0.862 bits per heavy atom. The highest BCUT2D eigenvalue weighted by Crippen LogP contribution is 2.49. The highest BCUT2D eigenvalue weighted by atomic mass is 16.5. The SMILES string of the molecule is CC(C)[C@H]1CCC(=O)[C@H]2[C@@H]1[C@H](CCc1ccccc1)O[C@@H]2CCc1ccccc1. The molecule has 29 heavy (non-hydrogen) atoms. The minimum atomic E-state index is 0.0787. The van der Waals surface area contributed by atoms with Gasteiger partial charge in [0.15, 0.2) is 0 Å². The summed E-state index contributed by atoms with van der Waals surface area (Å²) in [6.45, 7) is 4.64. The van der Waals surface area contributed by atoms with Crippen LogP contribution in [-0.2, 0) is 22.4 Å². The van der Waals surface area contributed by atoms with Crippen molar-refractivity contribution in [1.82, 2.24) is 0 Å². The molecule has 0 bridgehead atoms. The van der Waals surface area contributed by atoms with Crippen LogP contribution in [0, 0.1) is 23.7 Å². The van der Waals surface area contributed by atoms with E-state index in [0.717, 1.165) is 38.5 Å². The van der Waals surface area contributed by atoms with Crippen molar-refractivity contribution in [2.75, 3.05) is 0 Å². The van der Waals surface area contributed by atoms with Crippen molar-refractivity contribution in [2.24, 2.45) is 23.7 Å². The van der Waals surface area contributed by atoms with Crippen LogP contribution in [0.1, 0.15) is 50.7 Å². The van der Waals surface area contributed by atoms with Crippen LogP contribution in [0.2, 0.25) is 0 Å². The molecule has 0 amide bonds. The molecule has 0 unspecified atom stereocenters. The van der Waals surface area contributed by atoms with Crippen molar-refractivity contribution in [3.63, 3.8) is 0 Å². The van der Waals surface area contributed by atoms with Gasteiger partial charge in [-0.25, -0.2) is 0 Å². The third-order valence-corrected chi connectivity index (χ3v) is 7.16. The first-order valence-electron chi connectivity index (χ1n) is 11.4. The van der Waals surface area contributed by atoms with E-state index in [1.54, 1.807) is 0 Å². The zero-order valence-corrected chi connectivity index (χ0v) is 17.8. The standard InChI is InChI=1S/C27H34O2/c1-19(2)22-15-16-23(28)27-25(18-14-21-11-7-4-8-12-21)29-24(26(22)27)17-13-20-9-5-3-6-10-20/h3-12,19,22,24-27H,13-18H2,1-2H3/t22-,24+,25-,26+,27-/m1/s1. The summed E-state index contributed by atoms with van der Waals surface area (Å²) in [4.78, 5) is 13.0. The van der Waals surface area contributed by atoms with Gasteiger partial charge in [0.1, 0.15) is 5.78 Å². The Kier molecular flexibility index (Phi) is 6.50. The van der Waals surface area contributed by atoms with Crippen LogP contribution >= 0.6 is 0 Å². The normalized spacial score (nSPS) is 29.2. The Balaban J connectivity index is 1.51. The average Bonchev–Trinajstić information content (AvgIpc) is 3.12. The smallest absolute Gasteiger partial charge is 0.138 e. The molecule has 0 aromatic heterocycles. The maximum atomic E-state index is 13.0. The number of ketones is 1. The number of Topliss-reactive ketones (excluding diaryl/α,β-unsaturated/α-hetero) is 1. The Bertz CT molecular complexity index is 783. The number of carbonyl (C=O) groups is 1. The lowest BCUT2D eigenvalue weighted by atomic mass is 9.64. The molecule has 2 nitrogen and oxygen atoms in total. The maximum absolute atomic E-state index is 13.0. The fourth-order valence-corrected chi connectivity index (χ4v) is 5.70. The Morgan fingerprint density at radius 3 is 1.97 bits per heavy atom. The summed E-state index contributed by atoms with van der Waals surface area (Å²) >= 11 is 0. The van der Waals surface area contributed by atoms with Crippen molar-refractivity contribution in [2.45, 2.75) is 64.6 Å². The number of hydrogen-bond acceptors (Lipinski definition) is 2. The summed E-state index contributed by atoms with van der Waals surface area (Å²) in [7, 11) is 0. The number of aryl methyl sites for hydroxylation is 2. The largest absolute Gasteiger partial charge is 0.374 e. The summed E-state index contributed by atoms with van der Waals surface area (Å²) in [5.74, 6) is 2.14. The molecule has 4 rings (SSSR count). The van der Waals surface area contributed by atoms with Gasteiger partial charge in [0.2, 0.25) is 0 Å². The lowest BCUT2D eigenvalue weighted by Crippen LogP contribution is -2.41. The summed E-state index contributed by atoms with van der Waals surface area (Å²) in [6.07, 6.45) is 6.04. The van der Waals surface area contributed by atoms with Gasteiger partial charge in [-0.15, -0.1) is 0 Å². The molecule has 2 aromatic carbocycles. The number of carbonyl (C=O) groups excluding carboxylic acids is 1. The predicted molar refractivity (Wildman–Crippen MR) is 118 cm³/mol. The second-order valence-corrected chi connectivity index (χ2v) is 9.28. The van der Waals surface area contributed by atoms with E-state index in [0.29, 0.717) is 23.5 Å². The molecule has 2 aromatic rings. The lowest BCUT2D eigenvalue weighted by Gasteiger charge is -2.38. The molecule has 1 saturated carbocycles. The first kappa shape index (κ1) is 20.3. The highest BCUT2D eigenvalue weighted by molar-refractivity contribution is 5.83. The molecule has 154 valence electrons. The van der Waals surface area contributed by atoms with E-state index in [1.165, 1.54) is 11.1 Å². The molecule has 2 aliphatic rings. The molecule has 2 heteroatoms. The van der Waals surface area contributed by atoms with E-state index in [2.05, 4.69) is 74.5 Å². The fourth-order valence-electron chi connectivity index (χ4n) is 5.70. The van der Waals surface area contributed by atoms with Gasteiger partial charge >= 0.3 is 0 Å². The van der Waals surface area contributed by atoms with Crippen molar-refractivity contribution in [3.05, 3.63) is 71.8 Å². The topological polar surface area (TPSA) is 26.3 Å². The molecular formula is C27H34O2. The van der Waals surface area contributed by atoms with Crippen LogP contribution in [0.15, 0.2) is 60.7 Å². The maximum Gasteiger partial charge on any atom is 0.138 e. The monoisotopic (exact) mass is 390 g/mol. The molecule has 1 heterocycles. The molecule has 0 radical (unpaired) electrons. The molecular weight excluding hydrogens is 356 g/mol. The van der Waals surface area contributed by atoms with Crippen molar-refractivity contribution < 1.29 is 9.53 Å². The number of fused-ring (bicyclic) bond motifs is 1. The molecule has 1 saturated heterocycles. The van der Waals surface area contributed by atoms with Gasteiger partial charge in [0, 0.05) is 18.3 Å². The Hall–Kier alpha value is -1.93. The van der Waals surface area contributed by atoms with E-state index in [9.17, 15) is 4.79 Å². The average molecular weight is 391 g/mol. The van der Waals surface area contributed by atoms with Gasteiger partial charge in [0.05, 0.1) is 12.2 Å². The zero-order valence-electron chi connectivity index (χ0n) is 17.8. The molecule has 0 spiro atoms. The fraction of sp³-hybridized carbons (Fsp3) is 0.519. The number of ether oxygens (including phenoxy) is 1. The molecule has 2 fully saturated rings. The van der Waals surface area contributed by atoms with Crippen LogP contribution in [0.25, 0.3) is 0 Å². The first-order chi connectivity index (χ1) is 14.1. The zero-order chi connectivity index (χ0) is 20.2. The van der Waals surface area contributed by atoms with Gasteiger partial charge < -0.3 is 4.74 Å². The second-order valence-electron chi connectivity index (χ2n) is 9.28. The van der Waals surface area contributed by atoms with E-state index >= 15 is 0 Å². The summed E-state index contributed by atoms with van der Waals surface area (Å²) in [5, 5.41) is 0. The highest BCUT2D eigenvalue weighted by Gasteiger charge is 2.52. The van der Waals surface area contributed by atoms with Crippen molar-refractivity contribution >= 4 is 5.78 Å². The van der Waals surface area contributed by atoms with E-state index < -0.39 is 0 Å². The van der Waals surface area contributed by atoms with Gasteiger partial charge in [-0.2, -0.15) is 0 Å². The van der Waals surface area contributed by atoms with Gasteiger partial charge in [-0.3, -0.25) is 4.79 Å². The first-order valence-corrected chi connectivity index (χ1v) is 11.4. The summed E-state index contributed by atoms with van der Waals surface area (Å²) in [6, 6.07) is 21.3. The minimum Gasteiger partial charge on any atom is -0.374 e. The summed E-state index contributed by atoms with van der Waals surface area (Å²) in [5.41, 5.74) is 2.70. The number of rotatable bonds is 7. The van der Waals surface area contributed by atoms with E-state index in [4.69, 9.17) is 4.74 Å². The van der Waals surface area contributed by atoms with E-state index in [-0.39, 0.29) is 18.1 Å². The Labute approximate surface area is 175 Å². The van der Waals surface area contributed by atoms with Crippen LogP contribution in [0.3, 0.4) is 0 Å². The molecule has 0 N–H and O–H groups in total. The second kappa shape index (κ2) is 9.26. The third kappa shape index (κ3) is 4.64. The molecule has 1 aliphatic heterocycles. The minimum absolute atomic E-state index is 0.0787. The van der Waals surface area contributed by atoms with Crippen LogP contribution in [0.5, 0.6) is 0 Å². The van der Waals surface area contributed by atoms with E-state index in [1.807, 2.05) is 0 Å². The lowest BCUT2D eigenvalue weighted by molar-refractivity contribution is -0.129. The van der Waals surface area contributed by atoms with Crippen LogP contribution < -0.4 is 0 Å². The van der Waals surface area contributed by atoms with Gasteiger partial charge in [-0.1, -0.05) is 74.5 Å².